The molecule has 2 N–H and O–H groups in total. The molecule has 0 radical (unpaired) electrons. The fourth-order valence-electron chi connectivity index (χ4n) is 3.65. The second-order valence-corrected chi connectivity index (χ2v) is 8.38. The minimum atomic E-state index is -1.40. The van der Waals surface area contributed by atoms with Gasteiger partial charge in [-0.2, -0.15) is 0 Å². The zero-order valence-electron chi connectivity index (χ0n) is 18.6. The standard InChI is InChI=1S/C23H27FN4O4/c1-5-9-23(4,21(30)27-18-13-25-10-11-26-18)28-14-15(12-19(28)29)32-17-8-6-7-16(20(17)24)22(2,3)31/h6-8,10-13,31H,5,9,14H2,1-4H3,(H,26,27,30)/t23-/m0/s1. The van der Waals surface area contributed by atoms with Gasteiger partial charge in [0.05, 0.1) is 18.3 Å². The number of hydrogen-bond donors (Lipinski definition) is 2. The van der Waals surface area contributed by atoms with Crippen molar-refractivity contribution in [3.8, 4) is 5.75 Å². The molecule has 0 fully saturated rings. The number of amides is 2. The first-order chi connectivity index (χ1) is 15.1. The fourth-order valence-corrected chi connectivity index (χ4v) is 3.65. The van der Waals surface area contributed by atoms with Crippen molar-refractivity contribution in [3.05, 3.63) is 60.0 Å². The lowest BCUT2D eigenvalue weighted by Crippen LogP contribution is -2.55. The molecule has 1 aromatic heterocycles. The van der Waals surface area contributed by atoms with Crippen LogP contribution in [0.2, 0.25) is 0 Å². The Balaban J connectivity index is 1.81. The summed E-state index contributed by atoms with van der Waals surface area (Å²) in [6, 6.07) is 4.46. The minimum absolute atomic E-state index is 0.00456. The third-order valence-corrected chi connectivity index (χ3v) is 5.35. The van der Waals surface area contributed by atoms with E-state index in [2.05, 4.69) is 15.3 Å². The molecule has 32 heavy (non-hydrogen) atoms. The van der Waals surface area contributed by atoms with Crippen LogP contribution in [0.4, 0.5) is 10.2 Å². The van der Waals surface area contributed by atoms with Gasteiger partial charge in [-0.1, -0.05) is 25.5 Å². The number of halogens is 1. The molecular weight excluding hydrogens is 415 g/mol. The van der Waals surface area contributed by atoms with Crippen LogP contribution in [0, 0.1) is 5.82 Å². The topological polar surface area (TPSA) is 105 Å². The molecular formula is C23H27FN4O4. The number of rotatable bonds is 8. The van der Waals surface area contributed by atoms with E-state index in [1.165, 1.54) is 55.5 Å². The van der Waals surface area contributed by atoms with Gasteiger partial charge in [0.2, 0.25) is 0 Å². The van der Waals surface area contributed by atoms with E-state index >= 15 is 0 Å². The molecule has 1 aliphatic rings. The molecule has 0 unspecified atom stereocenters. The second-order valence-electron chi connectivity index (χ2n) is 8.38. The fraction of sp³-hybridized carbons (Fsp3) is 0.391. The van der Waals surface area contributed by atoms with Crippen molar-refractivity contribution in [1.29, 1.82) is 0 Å². The number of carbonyl (C=O) groups is 2. The third-order valence-electron chi connectivity index (χ3n) is 5.35. The molecule has 3 rings (SSSR count). The zero-order chi connectivity index (χ0) is 23.5. The Bertz CT molecular complexity index is 1040. The van der Waals surface area contributed by atoms with E-state index in [-0.39, 0.29) is 29.4 Å². The minimum Gasteiger partial charge on any atom is -0.457 e. The summed E-state index contributed by atoms with van der Waals surface area (Å²) < 4.78 is 20.5. The van der Waals surface area contributed by atoms with Crippen molar-refractivity contribution in [2.45, 2.75) is 51.7 Å². The predicted molar refractivity (Wildman–Crippen MR) is 116 cm³/mol. The van der Waals surface area contributed by atoms with Crippen LogP contribution in [0.1, 0.15) is 46.1 Å². The maximum atomic E-state index is 14.9. The largest absolute Gasteiger partial charge is 0.457 e. The highest BCUT2D eigenvalue weighted by molar-refractivity contribution is 6.02. The molecule has 1 aliphatic heterocycles. The van der Waals surface area contributed by atoms with Crippen molar-refractivity contribution < 1.29 is 23.8 Å². The van der Waals surface area contributed by atoms with Crippen molar-refractivity contribution in [2.75, 3.05) is 11.9 Å². The first-order valence-corrected chi connectivity index (χ1v) is 10.3. The Labute approximate surface area is 186 Å². The molecule has 170 valence electrons. The van der Waals surface area contributed by atoms with Gasteiger partial charge >= 0.3 is 0 Å². The Hall–Kier alpha value is -3.33. The average molecular weight is 442 g/mol. The molecule has 1 atom stereocenters. The van der Waals surface area contributed by atoms with Crippen LogP contribution in [-0.4, -0.2) is 43.9 Å². The zero-order valence-corrected chi connectivity index (χ0v) is 18.6. The number of aliphatic hydroxyl groups is 1. The molecule has 8 nitrogen and oxygen atoms in total. The van der Waals surface area contributed by atoms with E-state index in [0.29, 0.717) is 12.8 Å². The third kappa shape index (κ3) is 4.77. The van der Waals surface area contributed by atoms with Crippen molar-refractivity contribution in [1.82, 2.24) is 14.9 Å². The Morgan fingerprint density at radius 2 is 2.06 bits per heavy atom. The highest BCUT2D eigenvalue weighted by Gasteiger charge is 2.44. The number of carbonyl (C=O) groups excluding carboxylic acids is 2. The number of benzene rings is 1. The molecule has 2 aromatic rings. The summed E-state index contributed by atoms with van der Waals surface area (Å²) in [5.41, 5.74) is -2.50. The average Bonchev–Trinajstić information content (AvgIpc) is 3.10. The summed E-state index contributed by atoms with van der Waals surface area (Å²) in [6.45, 7) is 6.53. The summed E-state index contributed by atoms with van der Waals surface area (Å²) >= 11 is 0. The van der Waals surface area contributed by atoms with Crippen LogP contribution in [0.5, 0.6) is 5.75 Å². The van der Waals surface area contributed by atoms with Crippen LogP contribution >= 0.6 is 0 Å². The first kappa shape index (κ1) is 23.3. The lowest BCUT2D eigenvalue weighted by Gasteiger charge is -2.37. The van der Waals surface area contributed by atoms with Gasteiger partial charge in [-0.25, -0.2) is 9.37 Å². The molecule has 0 saturated heterocycles. The van der Waals surface area contributed by atoms with Gasteiger partial charge in [-0.3, -0.25) is 14.6 Å². The smallest absolute Gasteiger partial charge is 0.251 e. The van der Waals surface area contributed by atoms with Crippen molar-refractivity contribution in [3.63, 3.8) is 0 Å². The second kappa shape index (κ2) is 9.04. The van der Waals surface area contributed by atoms with E-state index in [1.54, 1.807) is 13.0 Å². The molecule has 9 heteroatoms. The van der Waals surface area contributed by atoms with Crippen LogP contribution in [0.3, 0.4) is 0 Å². The molecule has 2 amide bonds. The lowest BCUT2D eigenvalue weighted by atomic mass is 9.92. The molecule has 0 saturated carbocycles. The van der Waals surface area contributed by atoms with Gasteiger partial charge < -0.3 is 20.1 Å². The summed E-state index contributed by atoms with van der Waals surface area (Å²) in [4.78, 5) is 35.3. The predicted octanol–water partition coefficient (Wildman–Crippen LogP) is 3.15. The molecule has 2 heterocycles. The maximum absolute atomic E-state index is 14.9. The van der Waals surface area contributed by atoms with Crippen LogP contribution < -0.4 is 10.1 Å². The van der Waals surface area contributed by atoms with Gasteiger partial charge in [-0.05, 0) is 33.3 Å². The van der Waals surface area contributed by atoms with Gasteiger partial charge in [0, 0.05) is 24.0 Å². The van der Waals surface area contributed by atoms with Crippen LogP contribution in [-0.2, 0) is 15.2 Å². The normalized spacial score (nSPS) is 15.9. The number of anilines is 1. The van der Waals surface area contributed by atoms with Crippen molar-refractivity contribution >= 4 is 17.6 Å². The van der Waals surface area contributed by atoms with E-state index in [0.717, 1.165) is 0 Å². The Kier molecular flexibility index (Phi) is 6.59. The number of hydrogen-bond acceptors (Lipinski definition) is 6. The van der Waals surface area contributed by atoms with Gasteiger partial charge in [-0.15, -0.1) is 0 Å². The van der Waals surface area contributed by atoms with Crippen LogP contribution in [0.15, 0.2) is 48.6 Å². The van der Waals surface area contributed by atoms with Crippen LogP contribution in [0.25, 0.3) is 0 Å². The van der Waals surface area contributed by atoms with Crippen molar-refractivity contribution in [2.24, 2.45) is 0 Å². The van der Waals surface area contributed by atoms with E-state index in [9.17, 15) is 19.1 Å². The number of nitrogens with one attached hydrogen (secondary N) is 1. The Morgan fingerprint density at radius 3 is 2.69 bits per heavy atom. The first-order valence-electron chi connectivity index (χ1n) is 10.3. The molecule has 0 aliphatic carbocycles. The monoisotopic (exact) mass is 442 g/mol. The Morgan fingerprint density at radius 1 is 1.31 bits per heavy atom. The van der Waals surface area contributed by atoms with E-state index in [1.807, 2.05) is 6.92 Å². The summed E-state index contributed by atoms with van der Waals surface area (Å²) in [5.74, 6) is -1.14. The lowest BCUT2D eigenvalue weighted by molar-refractivity contribution is -0.139. The van der Waals surface area contributed by atoms with Gasteiger partial charge in [0.25, 0.3) is 11.8 Å². The number of ether oxygens (including phenoxy) is 1. The quantitative estimate of drug-likeness (QED) is 0.651. The summed E-state index contributed by atoms with van der Waals surface area (Å²) in [6.07, 6.45) is 6.66. The van der Waals surface area contributed by atoms with Gasteiger partial charge in [0.1, 0.15) is 11.3 Å². The highest BCUT2D eigenvalue weighted by Crippen LogP contribution is 2.32. The van der Waals surface area contributed by atoms with E-state index < -0.39 is 28.8 Å². The number of nitrogens with zero attached hydrogens (tertiary/aromatic N) is 3. The molecule has 1 aromatic carbocycles. The summed E-state index contributed by atoms with van der Waals surface area (Å²) in [5, 5.41) is 12.9. The van der Waals surface area contributed by atoms with Gasteiger partial charge in [0.15, 0.2) is 17.4 Å². The highest BCUT2D eigenvalue weighted by atomic mass is 19.1. The van der Waals surface area contributed by atoms with E-state index in [4.69, 9.17) is 4.74 Å². The molecule has 0 bridgehead atoms. The summed E-state index contributed by atoms with van der Waals surface area (Å²) in [7, 11) is 0. The number of aromatic nitrogens is 2. The maximum Gasteiger partial charge on any atom is 0.251 e. The SMILES string of the molecule is CCC[C@@](C)(C(=O)Nc1cnccn1)N1CC(Oc2cccc(C(C)(C)O)c2F)=CC1=O. The molecule has 0 spiro atoms.